The molecule has 5 heteroatoms. The Morgan fingerprint density at radius 1 is 1.64 bits per heavy atom. The summed E-state index contributed by atoms with van der Waals surface area (Å²) in [4.78, 5) is 4.26. The molecular weight excluding hydrogens is 265 g/mol. The van der Waals surface area contributed by atoms with Gasteiger partial charge in [0, 0.05) is 12.2 Å². The average Bonchev–Trinajstić information content (AvgIpc) is 2.47. The van der Waals surface area contributed by atoms with Crippen LogP contribution >= 0.6 is 27.5 Å². The summed E-state index contributed by atoms with van der Waals surface area (Å²) in [6, 6.07) is 1.75. The van der Waals surface area contributed by atoms with Crippen molar-refractivity contribution in [2.24, 2.45) is 5.73 Å². The van der Waals surface area contributed by atoms with Gasteiger partial charge in [-0.15, -0.1) is 0 Å². The van der Waals surface area contributed by atoms with E-state index in [1.54, 1.807) is 6.20 Å². The number of halogens is 2. The summed E-state index contributed by atoms with van der Waals surface area (Å²) in [6.07, 6.45) is 3.58. The monoisotopic (exact) mass is 273 g/mol. The maximum absolute atomic E-state index is 5.94. The van der Waals surface area contributed by atoms with Gasteiger partial charge in [-0.05, 0) is 28.9 Å². The first-order valence-electron chi connectivity index (χ1n) is 4.17. The minimum Gasteiger partial charge on any atom is -0.323 e. The highest BCUT2D eigenvalue weighted by Crippen LogP contribution is 2.24. The Balaban J connectivity index is 2.78. The fourth-order valence-corrected chi connectivity index (χ4v) is 2.25. The van der Waals surface area contributed by atoms with E-state index in [2.05, 4.69) is 20.9 Å². The number of fused-ring (bicyclic) bond motifs is 1. The Morgan fingerprint density at radius 2 is 2.36 bits per heavy atom. The zero-order valence-corrected chi connectivity index (χ0v) is 9.88. The third-order valence-corrected chi connectivity index (χ3v) is 2.81. The van der Waals surface area contributed by atoms with Crippen LogP contribution in [0.25, 0.3) is 5.65 Å². The molecular formula is C9H9BrClN3. The van der Waals surface area contributed by atoms with Crippen LogP contribution in [0.1, 0.15) is 18.7 Å². The lowest BCUT2D eigenvalue weighted by molar-refractivity contribution is 0.769. The highest BCUT2D eigenvalue weighted by atomic mass is 79.9. The summed E-state index contributed by atoms with van der Waals surface area (Å²) in [7, 11) is 0. The molecule has 2 heterocycles. The Morgan fingerprint density at radius 3 is 3.00 bits per heavy atom. The van der Waals surface area contributed by atoms with Gasteiger partial charge < -0.3 is 10.1 Å². The summed E-state index contributed by atoms with van der Waals surface area (Å²) < 4.78 is 2.77. The molecule has 0 spiro atoms. The van der Waals surface area contributed by atoms with Gasteiger partial charge in [-0.2, -0.15) is 0 Å². The summed E-state index contributed by atoms with van der Waals surface area (Å²) in [5.41, 5.74) is 7.59. The Labute approximate surface area is 95.0 Å². The molecule has 0 aliphatic rings. The van der Waals surface area contributed by atoms with Crippen LogP contribution in [0, 0.1) is 0 Å². The predicted molar refractivity (Wildman–Crippen MR) is 60.5 cm³/mol. The number of hydrogen-bond acceptors (Lipinski definition) is 2. The van der Waals surface area contributed by atoms with Gasteiger partial charge in [0.15, 0.2) is 5.65 Å². The second kappa shape index (κ2) is 3.53. The molecule has 0 saturated carbocycles. The molecule has 0 amide bonds. The molecule has 0 fully saturated rings. The minimum atomic E-state index is -0.0598. The standard InChI is InChI=1S/C9H9BrClN3/c1-5(12)8-3-13-9-7(10)2-6(11)4-14(8)9/h2-5H,12H2,1H3. The van der Waals surface area contributed by atoms with E-state index in [9.17, 15) is 0 Å². The quantitative estimate of drug-likeness (QED) is 0.869. The first kappa shape index (κ1) is 9.96. The maximum Gasteiger partial charge on any atom is 0.151 e. The number of nitrogens with zero attached hydrogens (tertiary/aromatic N) is 2. The molecule has 74 valence electrons. The van der Waals surface area contributed by atoms with Crippen LogP contribution in [0.3, 0.4) is 0 Å². The molecule has 0 aromatic carbocycles. The molecule has 2 aromatic rings. The number of aromatic nitrogens is 2. The zero-order valence-electron chi connectivity index (χ0n) is 7.54. The summed E-state index contributed by atoms with van der Waals surface area (Å²) in [5, 5.41) is 0.657. The van der Waals surface area contributed by atoms with E-state index in [0.717, 1.165) is 15.8 Å². The van der Waals surface area contributed by atoms with Gasteiger partial charge in [0.1, 0.15) is 0 Å². The zero-order chi connectivity index (χ0) is 10.3. The van der Waals surface area contributed by atoms with Crippen molar-refractivity contribution < 1.29 is 0 Å². The third-order valence-electron chi connectivity index (χ3n) is 2.02. The van der Waals surface area contributed by atoms with Gasteiger partial charge in [0.25, 0.3) is 0 Å². The predicted octanol–water partition coefficient (Wildman–Crippen LogP) is 2.77. The lowest BCUT2D eigenvalue weighted by atomic mass is 10.3. The van der Waals surface area contributed by atoms with Crippen molar-refractivity contribution in [1.29, 1.82) is 0 Å². The van der Waals surface area contributed by atoms with Crippen LogP contribution in [0.4, 0.5) is 0 Å². The lowest BCUT2D eigenvalue weighted by Crippen LogP contribution is -2.07. The minimum absolute atomic E-state index is 0.0598. The molecule has 0 radical (unpaired) electrons. The van der Waals surface area contributed by atoms with Gasteiger partial charge in [0.2, 0.25) is 0 Å². The van der Waals surface area contributed by atoms with Gasteiger partial charge in [-0.1, -0.05) is 11.6 Å². The van der Waals surface area contributed by atoms with E-state index in [0.29, 0.717) is 5.02 Å². The van der Waals surface area contributed by atoms with Crippen molar-refractivity contribution >= 4 is 33.2 Å². The maximum atomic E-state index is 5.94. The molecule has 0 aliphatic carbocycles. The van der Waals surface area contributed by atoms with Crippen molar-refractivity contribution in [3.8, 4) is 0 Å². The van der Waals surface area contributed by atoms with Crippen molar-refractivity contribution in [3.05, 3.63) is 33.6 Å². The van der Waals surface area contributed by atoms with E-state index >= 15 is 0 Å². The third kappa shape index (κ3) is 1.54. The van der Waals surface area contributed by atoms with Crippen molar-refractivity contribution in [2.45, 2.75) is 13.0 Å². The van der Waals surface area contributed by atoms with E-state index in [1.165, 1.54) is 0 Å². The fourth-order valence-electron chi connectivity index (χ4n) is 1.37. The largest absolute Gasteiger partial charge is 0.323 e. The van der Waals surface area contributed by atoms with Crippen molar-refractivity contribution in [2.75, 3.05) is 0 Å². The Hall–Kier alpha value is -0.580. The number of rotatable bonds is 1. The highest BCUT2D eigenvalue weighted by Gasteiger charge is 2.10. The molecule has 0 aliphatic heterocycles. The van der Waals surface area contributed by atoms with Crippen LogP contribution in [0.2, 0.25) is 5.02 Å². The summed E-state index contributed by atoms with van der Waals surface area (Å²) in [5.74, 6) is 0. The first-order chi connectivity index (χ1) is 6.59. The Bertz CT molecular complexity index is 478. The van der Waals surface area contributed by atoms with Gasteiger partial charge in [-0.25, -0.2) is 4.98 Å². The van der Waals surface area contributed by atoms with E-state index in [4.69, 9.17) is 17.3 Å². The lowest BCUT2D eigenvalue weighted by Gasteiger charge is -2.05. The van der Waals surface area contributed by atoms with Crippen molar-refractivity contribution in [1.82, 2.24) is 9.38 Å². The molecule has 2 aromatic heterocycles. The van der Waals surface area contributed by atoms with Gasteiger partial charge >= 0.3 is 0 Å². The van der Waals surface area contributed by atoms with Gasteiger partial charge in [-0.3, -0.25) is 0 Å². The normalized spacial score (nSPS) is 13.4. The average molecular weight is 275 g/mol. The van der Waals surface area contributed by atoms with Crippen LogP contribution in [-0.4, -0.2) is 9.38 Å². The van der Waals surface area contributed by atoms with Crippen molar-refractivity contribution in [3.63, 3.8) is 0 Å². The van der Waals surface area contributed by atoms with Gasteiger partial charge in [0.05, 0.1) is 21.4 Å². The number of hydrogen-bond donors (Lipinski definition) is 1. The topological polar surface area (TPSA) is 43.3 Å². The number of imidazole rings is 1. The fraction of sp³-hybridized carbons (Fsp3) is 0.222. The second-order valence-electron chi connectivity index (χ2n) is 3.17. The van der Waals surface area contributed by atoms with Crippen LogP contribution in [-0.2, 0) is 0 Å². The summed E-state index contributed by atoms with van der Waals surface area (Å²) >= 11 is 9.34. The SMILES string of the molecule is CC(N)c1cnc2c(Br)cc(Cl)cn12. The highest BCUT2D eigenvalue weighted by molar-refractivity contribution is 9.10. The molecule has 3 nitrogen and oxygen atoms in total. The molecule has 1 atom stereocenters. The molecule has 14 heavy (non-hydrogen) atoms. The van der Waals surface area contributed by atoms with Crippen LogP contribution in [0.15, 0.2) is 22.9 Å². The summed E-state index contributed by atoms with van der Waals surface area (Å²) in [6.45, 7) is 1.91. The second-order valence-corrected chi connectivity index (χ2v) is 4.46. The number of pyridine rings is 1. The van der Waals surface area contributed by atoms with E-state index < -0.39 is 0 Å². The van der Waals surface area contributed by atoms with Crippen LogP contribution < -0.4 is 5.73 Å². The molecule has 2 rings (SSSR count). The Kier molecular flexibility index (Phi) is 2.51. The van der Waals surface area contributed by atoms with E-state index in [-0.39, 0.29) is 6.04 Å². The molecule has 0 bridgehead atoms. The molecule has 0 saturated heterocycles. The first-order valence-corrected chi connectivity index (χ1v) is 5.34. The molecule has 1 unspecified atom stereocenters. The smallest absolute Gasteiger partial charge is 0.151 e. The van der Waals surface area contributed by atoms with Crippen LogP contribution in [0.5, 0.6) is 0 Å². The molecule has 2 N–H and O–H groups in total. The number of nitrogens with two attached hydrogens (primary N) is 1. The van der Waals surface area contributed by atoms with E-state index in [1.807, 2.05) is 23.6 Å².